The lowest BCUT2D eigenvalue weighted by Crippen LogP contribution is -2.58. The Balaban J connectivity index is 1.35. The van der Waals surface area contributed by atoms with E-state index in [1.54, 1.807) is 37.0 Å². The summed E-state index contributed by atoms with van der Waals surface area (Å²) >= 11 is 1.59. The summed E-state index contributed by atoms with van der Waals surface area (Å²) in [4.78, 5) is 58.2. The zero-order valence-electron chi connectivity index (χ0n) is 31.7. The molecule has 14 nitrogen and oxygen atoms in total. The van der Waals surface area contributed by atoms with Crippen molar-refractivity contribution in [3.63, 3.8) is 0 Å². The number of hydrogen-bond acceptors (Lipinski definition) is 11. The molecule has 0 spiro atoms. The molecule has 1 aromatic carbocycles. The number of nitrogens with zero attached hydrogens (tertiary/aromatic N) is 2. The van der Waals surface area contributed by atoms with Crippen LogP contribution in [0.5, 0.6) is 0 Å². The average molecular weight is 747 g/mol. The van der Waals surface area contributed by atoms with Crippen LogP contribution in [0.4, 0.5) is 4.79 Å². The first-order valence-electron chi connectivity index (χ1n) is 18.0. The molecular formula is C37H58N6O8S. The van der Waals surface area contributed by atoms with Gasteiger partial charge in [-0.3, -0.25) is 19.7 Å². The fraction of sp³-hybridized carbons (Fsp3) is 0.649. The summed E-state index contributed by atoms with van der Waals surface area (Å²) in [5, 5.41) is 22.2. The normalized spacial score (nSPS) is 15.9. The molecule has 3 atom stereocenters. The number of aryl methyl sites for hydroxylation is 1. The number of amides is 4. The number of rotatable bonds is 19. The van der Waals surface area contributed by atoms with E-state index in [1.807, 2.05) is 57.5 Å². The van der Waals surface area contributed by atoms with Crippen molar-refractivity contribution in [1.29, 1.82) is 0 Å². The minimum atomic E-state index is -1.11. The highest BCUT2D eigenvalue weighted by Crippen LogP contribution is 2.28. The van der Waals surface area contributed by atoms with E-state index in [9.17, 15) is 24.3 Å². The van der Waals surface area contributed by atoms with Gasteiger partial charge >= 0.3 is 6.09 Å². The second-order valence-corrected chi connectivity index (χ2v) is 15.7. The van der Waals surface area contributed by atoms with Crippen LogP contribution in [0.2, 0.25) is 0 Å². The zero-order valence-corrected chi connectivity index (χ0v) is 32.5. The Morgan fingerprint density at radius 1 is 0.962 bits per heavy atom. The van der Waals surface area contributed by atoms with Crippen LogP contribution in [0.25, 0.3) is 10.4 Å². The number of hydrogen-bond donors (Lipinski definition) is 5. The fourth-order valence-corrected chi connectivity index (χ4v) is 6.39. The summed E-state index contributed by atoms with van der Waals surface area (Å²) in [6.45, 7) is 15.7. The van der Waals surface area contributed by atoms with Crippen LogP contribution in [0.15, 0.2) is 29.8 Å². The van der Waals surface area contributed by atoms with Gasteiger partial charge in [0.2, 0.25) is 17.7 Å². The van der Waals surface area contributed by atoms with Crippen molar-refractivity contribution in [3.05, 3.63) is 41.0 Å². The molecule has 2 heterocycles. The molecule has 1 saturated heterocycles. The first kappa shape index (κ1) is 42.8. The summed E-state index contributed by atoms with van der Waals surface area (Å²) in [6.07, 6.45) is -0.191. The molecule has 290 valence electrons. The predicted octanol–water partition coefficient (Wildman–Crippen LogP) is 3.50. The largest absolute Gasteiger partial charge is 0.444 e. The molecule has 2 aromatic rings. The second-order valence-electron chi connectivity index (χ2n) is 14.9. The standard InChI is InChI=1S/C37H58N6O8S/c1-25-31(52-24-41-25)27-12-10-26(11-13-27)23-40-33(46)28-9-8-18-43(28)34(47)32(36(2,3)4)42-30(45)15-14-29(44)38-16-19-49-21-22-50-20-17-39-35(48)51-37(5,6)7/h10-13,24,28,30,32,42,45H,8-9,14-23H2,1-7H3,(H,38,44)(H,39,48)(H,40,46)/t28-,30?,32+/m0/s1. The highest BCUT2D eigenvalue weighted by atomic mass is 32.1. The van der Waals surface area contributed by atoms with Gasteiger partial charge in [0, 0.05) is 32.6 Å². The van der Waals surface area contributed by atoms with Crippen LogP contribution in [-0.4, -0.2) is 109 Å². The third-order valence-corrected chi connectivity index (χ3v) is 9.22. The Morgan fingerprint density at radius 3 is 2.21 bits per heavy atom. The summed E-state index contributed by atoms with van der Waals surface area (Å²) in [5.74, 6) is -0.710. The molecular weight excluding hydrogens is 689 g/mol. The lowest BCUT2D eigenvalue weighted by molar-refractivity contribution is -0.143. The van der Waals surface area contributed by atoms with E-state index in [1.165, 1.54) is 0 Å². The number of alkyl carbamates (subject to hydrolysis) is 1. The Kier molecular flexibility index (Phi) is 16.9. The SMILES string of the molecule is Cc1ncsc1-c1ccc(CNC(=O)[C@@H]2CCCN2C(=O)[C@@H](NC(O)CCC(=O)NCCOCCOCCNC(=O)OC(C)(C)C)C(C)(C)C)cc1. The van der Waals surface area contributed by atoms with Gasteiger partial charge in [0.25, 0.3) is 0 Å². The van der Waals surface area contributed by atoms with E-state index >= 15 is 0 Å². The Labute approximate surface area is 311 Å². The first-order chi connectivity index (χ1) is 24.5. The van der Waals surface area contributed by atoms with E-state index in [4.69, 9.17) is 14.2 Å². The molecule has 15 heteroatoms. The van der Waals surface area contributed by atoms with Crippen molar-refractivity contribution in [2.24, 2.45) is 5.41 Å². The lowest BCUT2D eigenvalue weighted by Gasteiger charge is -2.36. The molecule has 1 aliphatic heterocycles. The minimum absolute atomic E-state index is 0.0481. The lowest BCUT2D eigenvalue weighted by atomic mass is 9.85. The van der Waals surface area contributed by atoms with Crippen LogP contribution >= 0.6 is 11.3 Å². The number of benzene rings is 1. The van der Waals surface area contributed by atoms with Crippen molar-refractivity contribution in [1.82, 2.24) is 31.2 Å². The molecule has 0 bridgehead atoms. The Hall–Kier alpha value is -3.63. The number of aliphatic hydroxyl groups is 1. The van der Waals surface area contributed by atoms with E-state index in [0.717, 1.165) is 21.7 Å². The highest BCUT2D eigenvalue weighted by Gasteiger charge is 2.41. The monoisotopic (exact) mass is 746 g/mol. The minimum Gasteiger partial charge on any atom is -0.444 e. The van der Waals surface area contributed by atoms with Crippen LogP contribution in [-0.2, 0) is 35.1 Å². The predicted molar refractivity (Wildman–Crippen MR) is 199 cm³/mol. The molecule has 1 fully saturated rings. The summed E-state index contributed by atoms with van der Waals surface area (Å²) < 4.78 is 16.0. The molecule has 0 radical (unpaired) electrons. The molecule has 5 N–H and O–H groups in total. The highest BCUT2D eigenvalue weighted by molar-refractivity contribution is 7.13. The fourth-order valence-electron chi connectivity index (χ4n) is 5.58. The molecule has 1 aromatic heterocycles. The zero-order chi connectivity index (χ0) is 38.3. The number of ether oxygens (including phenoxy) is 3. The smallest absolute Gasteiger partial charge is 0.407 e. The second kappa shape index (κ2) is 20.6. The molecule has 3 rings (SSSR count). The number of carbonyl (C=O) groups excluding carboxylic acids is 4. The van der Waals surface area contributed by atoms with Gasteiger partial charge in [-0.1, -0.05) is 45.0 Å². The Morgan fingerprint density at radius 2 is 1.62 bits per heavy atom. The third-order valence-electron chi connectivity index (χ3n) is 8.24. The van der Waals surface area contributed by atoms with Crippen LogP contribution in [0, 0.1) is 12.3 Å². The van der Waals surface area contributed by atoms with Crippen molar-refractivity contribution in [3.8, 4) is 10.4 Å². The quantitative estimate of drug-likeness (QED) is 0.106. The molecule has 1 unspecified atom stereocenters. The van der Waals surface area contributed by atoms with E-state index in [2.05, 4.69) is 26.3 Å². The molecule has 4 amide bonds. The maximum absolute atomic E-state index is 13.9. The summed E-state index contributed by atoms with van der Waals surface area (Å²) in [6, 6.07) is 6.64. The first-order valence-corrected chi connectivity index (χ1v) is 18.8. The van der Waals surface area contributed by atoms with Crippen molar-refractivity contribution in [2.45, 2.75) is 105 Å². The average Bonchev–Trinajstić information content (AvgIpc) is 3.74. The van der Waals surface area contributed by atoms with Gasteiger partial charge in [0.1, 0.15) is 17.9 Å². The van der Waals surface area contributed by atoms with Gasteiger partial charge < -0.3 is 40.2 Å². The summed E-state index contributed by atoms with van der Waals surface area (Å²) in [7, 11) is 0. The van der Waals surface area contributed by atoms with Gasteiger partial charge in [0.05, 0.1) is 48.6 Å². The van der Waals surface area contributed by atoms with Gasteiger partial charge in [-0.25, -0.2) is 9.78 Å². The number of carbonyl (C=O) groups is 4. The summed E-state index contributed by atoms with van der Waals surface area (Å²) in [5.41, 5.74) is 3.72. The van der Waals surface area contributed by atoms with Crippen LogP contribution < -0.4 is 21.3 Å². The maximum atomic E-state index is 13.9. The van der Waals surface area contributed by atoms with Crippen molar-refractivity contribution in [2.75, 3.05) is 46.1 Å². The maximum Gasteiger partial charge on any atom is 0.407 e. The number of aromatic nitrogens is 1. The van der Waals surface area contributed by atoms with Crippen LogP contribution in [0.3, 0.4) is 0 Å². The topological polar surface area (TPSA) is 180 Å². The van der Waals surface area contributed by atoms with Gasteiger partial charge in [-0.05, 0) is 63.5 Å². The van der Waals surface area contributed by atoms with E-state index in [-0.39, 0.29) is 37.2 Å². The van der Waals surface area contributed by atoms with Crippen LogP contribution in [0.1, 0.15) is 78.5 Å². The number of aliphatic hydroxyl groups excluding tert-OH is 1. The number of thiazole rings is 1. The third kappa shape index (κ3) is 14.8. The molecule has 0 aliphatic carbocycles. The molecule has 1 aliphatic rings. The number of likely N-dealkylation sites (tertiary alicyclic amines) is 1. The van der Waals surface area contributed by atoms with E-state index in [0.29, 0.717) is 58.8 Å². The van der Waals surface area contributed by atoms with Gasteiger partial charge in [0.15, 0.2) is 0 Å². The molecule has 0 saturated carbocycles. The number of nitrogens with one attached hydrogen (secondary N) is 4. The molecule has 52 heavy (non-hydrogen) atoms. The van der Waals surface area contributed by atoms with Gasteiger partial charge in [-0.2, -0.15) is 0 Å². The van der Waals surface area contributed by atoms with E-state index < -0.39 is 35.4 Å². The van der Waals surface area contributed by atoms with Crippen molar-refractivity contribution < 1.29 is 38.5 Å². The Bertz CT molecular complexity index is 1440. The van der Waals surface area contributed by atoms with Gasteiger partial charge in [-0.15, -0.1) is 11.3 Å². The van der Waals surface area contributed by atoms with Crippen molar-refractivity contribution >= 4 is 35.2 Å².